The predicted molar refractivity (Wildman–Crippen MR) is 119 cm³/mol. The molecule has 1 aliphatic heterocycles. The van der Waals surface area contributed by atoms with E-state index in [1.165, 1.54) is 7.11 Å². The first-order valence-corrected chi connectivity index (χ1v) is 10.6. The van der Waals surface area contributed by atoms with Crippen LogP contribution in [0.2, 0.25) is 0 Å². The van der Waals surface area contributed by atoms with Gasteiger partial charge in [-0.3, -0.25) is 4.79 Å². The standard InChI is InChI=1S/C22H19N5O3S/c1-29-21(28)14-12-27(13-14)19-20(24-11-10-23-19)30-16-8-6-15(7-9-16)25-22-26-17-4-2-3-5-18(17)31-22/h2-11,14H,12-13H2,1H3,(H,25,26). The third-order valence-corrected chi connectivity index (χ3v) is 5.93. The summed E-state index contributed by atoms with van der Waals surface area (Å²) in [6.45, 7) is 1.07. The van der Waals surface area contributed by atoms with Crippen LogP contribution in [-0.4, -0.2) is 41.1 Å². The number of thiazole rings is 1. The zero-order valence-corrected chi connectivity index (χ0v) is 17.5. The Morgan fingerprint density at radius 2 is 1.87 bits per heavy atom. The minimum absolute atomic E-state index is 0.146. The third kappa shape index (κ3) is 3.99. The van der Waals surface area contributed by atoms with Crippen molar-refractivity contribution in [2.45, 2.75) is 0 Å². The Labute approximate surface area is 182 Å². The van der Waals surface area contributed by atoms with Crippen LogP contribution < -0.4 is 15.0 Å². The Kier molecular flexibility index (Phi) is 5.09. The zero-order valence-electron chi connectivity index (χ0n) is 16.7. The molecule has 1 fully saturated rings. The molecule has 4 aromatic rings. The first-order valence-electron chi connectivity index (χ1n) is 9.74. The summed E-state index contributed by atoms with van der Waals surface area (Å²) in [4.78, 5) is 26.9. The fraction of sp³-hybridized carbons (Fsp3) is 0.182. The van der Waals surface area contributed by atoms with Crippen LogP contribution >= 0.6 is 11.3 Å². The Morgan fingerprint density at radius 3 is 2.65 bits per heavy atom. The molecule has 3 heterocycles. The Balaban J connectivity index is 1.26. The number of para-hydroxylation sites is 1. The average Bonchev–Trinajstić information content (AvgIpc) is 3.17. The average molecular weight is 433 g/mol. The summed E-state index contributed by atoms with van der Waals surface area (Å²) in [5.41, 5.74) is 1.89. The van der Waals surface area contributed by atoms with Crippen LogP contribution in [0.25, 0.3) is 10.2 Å². The maximum Gasteiger partial charge on any atom is 0.312 e. The second kappa shape index (κ2) is 8.19. The van der Waals surface area contributed by atoms with Crippen LogP contribution in [0.4, 0.5) is 16.6 Å². The van der Waals surface area contributed by atoms with Gasteiger partial charge in [-0.05, 0) is 36.4 Å². The number of nitrogens with one attached hydrogen (secondary N) is 1. The van der Waals surface area contributed by atoms with Crippen molar-refractivity contribution in [2.75, 3.05) is 30.4 Å². The number of hydrogen-bond donors (Lipinski definition) is 1. The van der Waals surface area contributed by atoms with Gasteiger partial charge in [0.25, 0.3) is 5.88 Å². The molecular formula is C22H19N5O3S. The zero-order chi connectivity index (χ0) is 21.2. The first kappa shape index (κ1) is 19.3. The molecule has 0 spiro atoms. The highest BCUT2D eigenvalue weighted by molar-refractivity contribution is 7.22. The molecule has 8 nitrogen and oxygen atoms in total. The number of esters is 1. The second-order valence-electron chi connectivity index (χ2n) is 7.05. The lowest BCUT2D eigenvalue weighted by Crippen LogP contribution is -2.51. The molecule has 9 heteroatoms. The number of benzene rings is 2. The molecule has 1 saturated heterocycles. The van der Waals surface area contributed by atoms with Crippen LogP contribution in [0, 0.1) is 5.92 Å². The summed E-state index contributed by atoms with van der Waals surface area (Å²) in [5.74, 6) is 1.30. The molecular weight excluding hydrogens is 414 g/mol. The van der Waals surface area contributed by atoms with Crippen molar-refractivity contribution in [3.63, 3.8) is 0 Å². The number of nitrogens with zero attached hydrogens (tertiary/aromatic N) is 4. The van der Waals surface area contributed by atoms with Gasteiger partial charge >= 0.3 is 5.97 Å². The number of ether oxygens (including phenoxy) is 2. The minimum Gasteiger partial charge on any atom is -0.469 e. The number of rotatable bonds is 6. The van der Waals surface area contributed by atoms with E-state index in [2.05, 4.69) is 26.3 Å². The van der Waals surface area contributed by atoms with E-state index in [0.29, 0.717) is 30.5 Å². The van der Waals surface area contributed by atoms with Crippen LogP contribution in [0.5, 0.6) is 11.6 Å². The van der Waals surface area contributed by atoms with Crippen molar-refractivity contribution in [1.29, 1.82) is 0 Å². The predicted octanol–water partition coefficient (Wildman–Crippen LogP) is 4.23. The largest absolute Gasteiger partial charge is 0.469 e. The molecule has 0 amide bonds. The van der Waals surface area contributed by atoms with E-state index in [1.807, 2.05) is 47.4 Å². The lowest BCUT2D eigenvalue weighted by atomic mass is 10.0. The molecule has 0 unspecified atom stereocenters. The van der Waals surface area contributed by atoms with Crippen molar-refractivity contribution in [3.05, 3.63) is 60.9 Å². The summed E-state index contributed by atoms with van der Waals surface area (Å²) in [6, 6.07) is 15.6. The molecule has 156 valence electrons. The van der Waals surface area contributed by atoms with E-state index >= 15 is 0 Å². The van der Waals surface area contributed by atoms with Crippen LogP contribution in [0.3, 0.4) is 0 Å². The lowest BCUT2D eigenvalue weighted by Gasteiger charge is -2.38. The molecule has 0 radical (unpaired) electrons. The van der Waals surface area contributed by atoms with Gasteiger partial charge in [-0.2, -0.15) is 0 Å². The molecule has 0 atom stereocenters. The van der Waals surface area contributed by atoms with E-state index < -0.39 is 0 Å². The van der Waals surface area contributed by atoms with Crippen LogP contribution in [0.15, 0.2) is 60.9 Å². The molecule has 0 saturated carbocycles. The number of anilines is 3. The van der Waals surface area contributed by atoms with Gasteiger partial charge in [-0.25, -0.2) is 15.0 Å². The molecule has 0 bridgehead atoms. The lowest BCUT2D eigenvalue weighted by molar-refractivity contribution is -0.146. The number of hydrogen-bond acceptors (Lipinski definition) is 9. The number of aromatic nitrogens is 3. The van der Waals surface area contributed by atoms with Gasteiger partial charge in [0, 0.05) is 31.2 Å². The van der Waals surface area contributed by atoms with Crippen molar-refractivity contribution < 1.29 is 14.3 Å². The van der Waals surface area contributed by atoms with E-state index in [9.17, 15) is 4.79 Å². The maximum atomic E-state index is 11.6. The fourth-order valence-electron chi connectivity index (χ4n) is 3.34. The van der Waals surface area contributed by atoms with Gasteiger partial charge in [0.1, 0.15) is 5.75 Å². The Bertz CT molecular complexity index is 1190. The number of carbonyl (C=O) groups excluding carboxylic acids is 1. The SMILES string of the molecule is COC(=O)C1CN(c2nccnc2Oc2ccc(Nc3nc4ccccc4s3)cc2)C1. The minimum atomic E-state index is -0.209. The van der Waals surface area contributed by atoms with Gasteiger partial charge < -0.3 is 19.7 Å². The number of fused-ring (bicyclic) bond motifs is 1. The van der Waals surface area contributed by atoms with Gasteiger partial charge in [0.15, 0.2) is 10.9 Å². The van der Waals surface area contributed by atoms with Gasteiger partial charge in [-0.1, -0.05) is 23.5 Å². The fourth-order valence-corrected chi connectivity index (χ4v) is 4.23. The first-order chi connectivity index (χ1) is 15.2. The highest BCUT2D eigenvalue weighted by Crippen LogP contribution is 2.33. The molecule has 5 rings (SSSR count). The van der Waals surface area contributed by atoms with E-state index in [4.69, 9.17) is 9.47 Å². The normalized spacial score (nSPS) is 13.6. The molecule has 1 N–H and O–H groups in total. The summed E-state index contributed by atoms with van der Waals surface area (Å²) < 4.78 is 11.9. The Morgan fingerprint density at radius 1 is 1.10 bits per heavy atom. The van der Waals surface area contributed by atoms with Gasteiger partial charge in [0.2, 0.25) is 0 Å². The molecule has 31 heavy (non-hydrogen) atoms. The number of carbonyl (C=O) groups is 1. The van der Waals surface area contributed by atoms with Crippen molar-refractivity contribution >= 4 is 44.2 Å². The van der Waals surface area contributed by atoms with Crippen molar-refractivity contribution in [2.24, 2.45) is 5.92 Å². The van der Waals surface area contributed by atoms with Gasteiger partial charge in [-0.15, -0.1) is 0 Å². The van der Waals surface area contributed by atoms with E-state index in [0.717, 1.165) is 21.0 Å². The molecule has 1 aliphatic rings. The van der Waals surface area contributed by atoms with Crippen LogP contribution in [-0.2, 0) is 9.53 Å². The number of methoxy groups -OCH3 is 1. The monoisotopic (exact) mass is 433 g/mol. The second-order valence-corrected chi connectivity index (χ2v) is 8.08. The topological polar surface area (TPSA) is 89.5 Å². The highest BCUT2D eigenvalue weighted by atomic mass is 32.1. The third-order valence-electron chi connectivity index (χ3n) is 4.98. The van der Waals surface area contributed by atoms with Crippen molar-refractivity contribution in [1.82, 2.24) is 15.0 Å². The summed E-state index contributed by atoms with van der Waals surface area (Å²) in [7, 11) is 1.40. The summed E-state index contributed by atoms with van der Waals surface area (Å²) in [5, 5.41) is 4.16. The van der Waals surface area contributed by atoms with Crippen molar-refractivity contribution in [3.8, 4) is 11.6 Å². The van der Waals surface area contributed by atoms with Crippen LogP contribution in [0.1, 0.15) is 0 Å². The van der Waals surface area contributed by atoms with E-state index in [1.54, 1.807) is 23.7 Å². The molecule has 0 aliphatic carbocycles. The summed E-state index contributed by atoms with van der Waals surface area (Å²) >= 11 is 1.61. The van der Waals surface area contributed by atoms with Gasteiger partial charge in [0.05, 0.1) is 23.2 Å². The highest BCUT2D eigenvalue weighted by Gasteiger charge is 2.36. The van der Waals surface area contributed by atoms with E-state index in [-0.39, 0.29) is 11.9 Å². The maximum absolute atomic E-state index is 11.6. The molecule has 2 aromatic carbocycles. The quantitative estimate of drug-likeness (QED) is 0.452. The molecule has 2 aromatic heterocycles. The Hall–Kier alpha value is -3.72. The smallest absolute Gasteiger partial charge is 0.312 e. The summed E-state index contributed by atoms with van der Waals surface area (Å²) in [6.07, 6.45) is 3.19.